The number of rotatable bonds is 10. The Bertz CT molecular complexity index is 1140. The maximum absolute atomic E-state index is 13.3. The van der Waals surface area contributed by atoms with Gasteiger partial charge in [-0.2, -0.15) is 5.26 Å². The molecule has 2 aromatic rings. The Hall–Kier alpha value is -3.14. The number of benzene rings is 1. The van der Waals surface area contributed by atoms with Crippen molar-refractivity contribution >= 4 is 28.4 Å². The summed E-state index contributed by atoms with van der Waals surface area (Å²) in [7, 11) is 0. The summed E-state index contributed by atoms with van der Waals surface area (Å²) in [5.41, 5.74) is 1.04. The SMILES string of the molecule is CC(C)Oc1cccc2[nH]c(C(=O)C[C@@H](CC(C)(C)C)C(=O)N[C@H](C#N)C[C@@H]3CCCCC3=O)cc12. The maximum Gasteiger partial charge on any atom is 0.224 e. The van der Waals surface area contributed by atoms with Crippen LogP contribution in [0, 0.1) is 28.6 Å². The molecule has 1 aromatic carbocycles. The number of aromatic amines is 1. The van der Waals surface area contributed by atoms with E-state index in [1.807, 2.05) is 52.8 Å². The number of ketones is 2. The molecule has 2 N–H and O–H groups in total. The molecule has 3 rings (SSSR count). The average molecular weight is 494 g/mol. The van der Waals surface area contributed by atoms with Gasteiger partial charge in [0.15, 0.2) is 5.78 Å². The molecule has 1 aromatic heterocycles. The number of ether oxygens (including phenoxy) is 1. The summed E-state index contributed by atoms with van der Waals surface area (Å²) in [5.74, 6) is -0.365. The summed E-state index contributed by atoms with van der Waals surface area (Å²) < 4.78 is 5.88. The third-order valence-corrected chi connectivity index (χ3v) is 6.62. The third kappa shape index (κ3) is 7.43. The van der Waals surface area contributed by atoms with Crippen molar-refractivity contribution in [2.24, 2.45) is 17.3 Å². The summed E-state index contributed by atoms with van der Waals surface area (Å²) in [6, 6.07) is 8.84. The number of hydrogen-bond donors (Lipinski definition) is 2. The van der Waals surface area contributed by atoms with E-state index in [9.17, 15) is 19.6 Å². The van der Waals surface area contributed by atoms with E-state index >= 15 is 0 Å². The molecule has 3 atom stereocenters. The summed E-state index contributed by atoms with van der Waals surface area (Å²) in [5, 5.41) is 13.3. The molecule has 0 aliphatic heterocycles. The first-order chi connectivity index (χ1) is 17.0. The van der Waals surface area contributed by atoms with Crippen LogP contribution in [0.25, 0.3) is 10.9 Å². The number of nitrogens with zero attached hydrogens (tertiary/aromatic N) is 1. The Balaban J connectivity index is 1.75. The Morgan fingerprint density at radius 2 is 2.00 bits per heavy atom. The fourth-order valence-electron chi connectivity index (χ4n) is 4.99. The smallest absolute Gasteiger partial charge is 0.224 e. The van der Waals surface area contributed by atoms with E-state index in [4.69, 9.17) is 4.74 Å². The molecule has 1 aliphatic carbocycles. The Morgan fingerprint density at radius 3 is 2.64 bits per heavy atom. The highest BCUT2D eigenvalue weighted by atomic mass is 16.5. The number of fused-ring (bicyclic) bond motifs is 1. The molecule has 0 radical (unpaired) electrons. The summed E-state index contributed by atoms with van der Waals surface area (Å²) >= 11 is 0. The molecule has 0 bridgehead atoms. The minimum Gasteiger partial charge on any atom is -0.490 e. The number of aromatic nitrogens is 1. The van der Waals surface area contributed by atoms with Crippen LogP contribution in [0.1, 0.15) is 90.1 Å². The summed E-state index contributed by atoms with van der Waals surface area (Å²) in [6.07, 6.45) is 4.03. The molecule has 0 unspecified atom stereocenters. The molecule has 1 fully saturated rings. The summed E-state index contributed by atoms with van der Waals surface area (Å²) in [6.45, 7) is 9.98. The number of amides is 1. The van der Waals surface area contributed by atoms with Gasteiger partial charge in [0, 0.05) is 35.6 Å². The highest BCUT2D eigenvalue weighted by Gasteiger charge is 2.31. The molecule has 1 aliphatic rings. The van der Waals surface area contributed by atoms with Gasteiger partial charge in [-0.3, -0.25) is 14.4 Å². The fourth-order valence-corrected chi connectivity index (χ4v) is 4.99. The number of hydrogen-bond acceptors (Lipinski definition) is 5. The largest absolute Gasteiger partial charge is 0.490 e. The maximum atomic E-state index is 13.3. The lowest BCUT2D eigenvalue weighted by atomic mass is 9.81. The Labute approximate surface area is 214 Å². The quantitative estimate of drug-likeness (QED) is 0.410. The highest BCUT2D eigenvalue weighted by molar-refractivity contribution is 6.02. The topological polar surface area (TPSA) is 112 Å². The lowest BCUT2D eigenvalue weighted by Gasteiger charge is -2.27. The van der Waals surface area contributed by atoms with Gasteiger partial charge < -0.3 is 15.0 Å². The molecule has 1 amide bonds. The zero-order valence-corrected chi connectivity index (χ0v) is 22.1. The van der Waals surface area contributed by atoms with Crippen molar-refractivity contribution in [3.8, 4) is 11.8 Å². The zero-order chi connectivity index (χ0) is 26.5. The van der Waals surface area contributed by atoms with Crippen molar-refractivity contribution in [3.63, 3.8) is 0 Å². The standard InChI is InChI=1S/C29H39N3O4/c1-18(2)36-27-12-8-10-23-22(27)15-24(32-23)26(34)14-20(16-29(3,4)5)28(35)31-21(17-30)13-19-9-6-7-11-25(19)33/h8,10,12,15,18-21,32H,6-7,9,11,13-14,16H2,1-5H3,(H,31,35)/t19-,20-,21-/m0/s1. The van der Waals surface area contributed by atoms with Crippen LogP contribution < -0.4 is 10.1 Å². The van der Waals surface area contributed by atoms with Gasteiger partial charge in [0.25, 0.3) is 0 Å². The van der Waals surface area contributed by atoms with Gasteiger partial charge in [-0.25, -0.2) is 0 Å². The predicted molar refractivity (Wildman–Crippen MR) is 140 cm³/mol. The second-order valence-corrected chi connectivity index (χ2v) is 11.5. The van der Waals surface area contributed by atoms with Crippen LogP contribution in [-0.4, -0.2) is 34.6 Å². The van der Waals surface area contributed by atoms with Crippen LogP contribution in [0.3, 0.4) is 0 Å². The Morgan fingerprint density at radius 1 is 1.25 bits per heavy atom. The van der Waals surface area contributed by atoms with Gasteiger partial charge in [-0.05, 0) is 63.1 Å². The number of nitriles is 1. The highest BCUT2D eigenvalue weighted by Crippen LogP contribution is 2.31. The lowest BCUT2D eigenvalue weighted by molar-refractivity contribution is -0.128. The lowest BCUT2D eigenvalue weighted by Crippen LogP contribution is -2.42. The monoisotopic (exact) mass is 493 g/mol. The molecule has 0 spiro atoms. The van der Waals surface area contributed by atoms with Crippen molar-refractivity contribution in [1.29, 1.82) is 5.26 Å². The minimum atomic E-state index is -0.745. The van der Waals surface area contributed by atoms with E-state index < -0.39 is 12.0 Å². The zero-order valence-electron chi connectivity index (χ0n) is 22.1. The average Bonchev–Trinajstić information content (AvgIpc) is 3.24. The second-order valence-electron chi connectivity index (χ2n) is 11.5. The van der Waals surface area contributed by atoms with Crippen molar-refractivity contribution in [1.82, 2.24) is 10.3 Å². The van der Waals surface area contributed by atoms with Crippen LogP contribution in [-0.2, 0) is 9.59 Å². The molecule has 36 heavy (non-hydrogen) atoms. The van der Waals surface area contributed by atoms with E-state index in [2.05, 4.69) is 16.4 Å². The van der Waals surface area contributed by atoms with E-state index in [1.165, 1.54) is 0 Å². The van der Waals surface area contributed by atoms with Crippen LogP contribution in [0.4, 0.5) is 0 Å². The van der Waals surface area contributed by atoms with Crippen molar-refractivity contribution in [2.45, 2.75) is 91.7 Å². The normalized spacial score (nSPS) is 18.0. The number of carbonyl (C=O) groups is 3. The Kier molecular flexibility index (Phi) is 8.94. The van der Waals surface area contributed by atoms with E-state index in [1.54, 1.807) is 6.07 Å². The molecule has 1 heterocycles. The van der Waals surface area contributed by atoms with Gasteiger partial charge in [0.2, 0.25) is 5.91 Å². The first kappa shape index (κ1) is 27.4. The van der Waals surface area contributed by atoms with Crippen molar-refractivity contribution < 1.29 is 19.1 Å². The first-order valence-electron chi connectivity index (χ1n) is 13.0. The molecular weight excluding hydrogens is 454 g/mol. The van der Waals surface area contributed by atoms with Crippen LogP contribution in [0.5, 0.6) is 5.75 Å². The van der Waals surface area contributed by atoms with E-state index in [0.29, 0.717) is 30.7 Å². The number of H-pyrrole nitrogens is 1. The molecule has 7 nitrogen and oxygen atoms in total. The molecular formula is C29H39N3O4. The van der Waals surface area contributed by atoms with E-state index in [-0.39, 0.29) is 41.3 Å². The number of nitrogens with one attached hydrogen (secondary N) is 2. The van der Waals surface area contributed by atoms with Gasteiger partial charge in [-0.1, -0.05) is 33.3 Å². The first-order valence-corrected chi connectivity index (χ1v) is 13.0. The van der Waals surface area contributed by atoms with E-state index in [0.717, 1.165) is 30.2 Å². The third-order valence-electron chi connectivity index (χ3n) is 6.62. The second kappa shape index (κ2) is 11.7. The van der Waals surface area contributed by atoms with Crippen molar-refractivity contribution in [2.75, 3.05) is 0 Å². The fraction of sp³-hybridized carbons (Fsp3) is 0.586. The molecule has 7 heteroatoms. The number of carbonyl (C=O) groups excluding carboxylic acids is 3. The van der Waals surface area contributed by atoms with Crippen LogP contribution in [0.2, 0.25) is 0 Å². The van der Waals surface area contributed by atoms with Gasteiger partial charge in [0.1, 0.15) is 17.6 Å². The van der Waals surface area contributed by atoms with Gasteiger partial charge in [-0.15, -0.1) is 0 Å². The molecule has 194 valence electrons. The predicted octanol–water partition coefficient (Wildman–Crippen LogP) is 5.74. The van der Waals surface area contributed by atoms with Gasteiger partial charge in [0.05, 0.1) is 17.9 Å². The summed E-state index contributed by atoms with van der Waals surface area (Å²) in [4.78, 5) is 42.0. The van der Waals surface area contributed by atoms with Crippen LogP contribution in [0.15, 0.2) is 24.3 Å². The number of Topliss-reactive ketones (excluding diaryl/α,β-unsaturated/α-hetero) is 2. The molecule has 0 saturated heterocycles. The van der Waals surface area contributed by atoms with Crippen LogP contribution >= 0.6 is 0 Å². The molecule has 1 saturated carbocycles. The minimum absolute atomic E-state index is 0.00139. The van der Waals surface area contributed by atoms with Crippen molar-refractivity contribution in [3.05, 3.63) is 30.0 Å². The van der Waals surface area contributed by atoms with Gasteiger partial charge >= 0.3 is 0 Å².